The molecule has 0 radical (unpaired) electrons. The first-order valence-electron chi connectivity index (χ1n) is 6.34. The van der Waals surface area contributed by atoms with Crippen molar-refractivity contribution in [3.63, 3.8) is 0 Å². The molecule has 4 N–H and O–H groups in total. The van der Waals surface area contributed by atoms with E-state index in [9.17, 15) is 0 Å². The van der Waals surface area contributed by atoms with Gasteiger partial charge in [-0.1, -0.05) is 34.5 Å². The molecule has 3 aromatic rings. The van der Waals surface area contributed by atoms with E-state index in [0.717, 1.165) is 0 Å². The van der Waals surface area contributed by atoms with Crippen molar-refractivity contribution in [2.45, 2.75) is 6.54 Å². The van der Waals surface area contributed by atoms with Crippen LogP contribution in [-0.2, 0) is 6.54 Å². The summed E-state index contributed by atoms with van der Waals surface area (Å²) in [6, 6.07) is 5.00. The first-order valence-corrected chi connectivity index (χ1v) is 7.09. The van der Waals surface area contributed by atoms with Gasteiger partial charge in [0.15, 0.2) is 0 Å². The number of hydrogen-bond donors (Lipinski definition) is 2. The maximum Gasteiger partial charge on any atom is 0.263 e. The van der Waals surface area contributed by atoms with E-state index in [-0.39, 0.29) is 29.8 Å². The summed E-state index contributed by atoms with van der Waals surface area (Å²) >= 11 is 12.1. The highest BCUT2D eigenvalue weighted by molar-refractivity contribution is 6.35. The van der Waals surface area contributed by atoms with Crippen LogP contribution in [0, 0.1) is 0 Å². The fourth-order valence-electron chi connectivity index (χ4n) is 1.69. The molecule has 0 bridgehead atoms. The zero-order valence-electron chi connectivity index (χ0n) is 11.8. The van der Waals surface area contributed by atoms with Gasteiger partial charge in [-0.05, 0) is 38.3 Å². The Morgan fingerprint density at radius 1 is 1.04 bits per heavy atom. The van der Waals surface area contributed by atoms with Gasteiger partial charge < -0.3 is 11.5 Å². The standard InChI is InChI=1S/C11H9Cl2N9O2/c12-6-2-1-5(7(13)3-6)4-22(11-9(15)18-24-20-11)21-16-10-8(14)17-23-19-10/h1-3H,4H2,(H2,14,17)(H2,15,18). The van der Waals surface area contributed by atoms with E-state index in [4.69, 9.17) is 34.7 Å². The van der Waals surface area contributed by atoms with Crippen LogP contribution in [0.5, 0.6) is 0 Å². The Hall–Kier alpha value is -2.92. The summed E-state index contributed by atoms with van der Waals surface area (Å²) in [5.41, 5.74) is 11.9. The largest absolute Gasteiger partial charge is 0.378 e. The molecule has 0 spiro atoms. The number of rotatable bonds is 5. The van der Waals surface area contributed by atoms with Crippen LogP contribution in [0.2, 0.25) is 10.0 Å². The average Bonchev–Trinajstić information content (AvgIpc) is 3.14. The summed E-state index contributed by atoms with van der Waals surface area (Å²) < 4.78 is 9.02. The third kappa shape index (κ3) is 3.36. The molecule has 1 aromatic carbocycles. The molecule has 0 saturated heterocycles. The third-order valence-electron chi connectivity index (χ3n) is 2.82. The maximum absolute atomic E-state index is 6.17. The van der Waals surface area contributed by atoms with Gasteiger partial charge in [0, 0.05) is 10.0 Å². The van der Waals surface area contributed by atoms with Crippen LogP contribution >= 0.6 is 23.2 Å². The van der Waals surface area contributed by atoms with E-state index >= 15 is 0 Å². The summed E-state index contributed by atoms with van der Waals surface area (Å²) in [6.07, 6.45) is 0. The number of hydrogen-bond acceptors (Lipinski definition) is 10. The van der Waals surface area contributed by atoms with Crippen LogP contribution in [0.1, 0.15) is 5.56 Å². The van der Waals surface area contributed by atoms with Gasteiger partial charge in [-0.15, -0.1) is 5.11 Å². The Morgan fingerprint density at radius 3 is 2.42 bits per heavy atom. The van der Waals surface area contributed by atoms with Crippen molar-refractivity contribution >= 4 is 46.5 Å². The summed E-state index contributed by atoms with van der Waals surface area (Å²) in [6.45, 7) is 0.156. The highest BCUT2D eigenvalue weighted by Crippen LogP contribution is 2.27. The van der Waals surface area contributed by atoms with Crippen LogP contribution in [0.4, 0.5) is 23.3 Å². The van der Waals surface area contributed by atoms with Crippen molar-refractivity contribution in [3.8, 4) is 0 Å². The highest BCUT2D eigenvalue weighted by atomic mass is 35.5. The lowest BCUT2D eigenvalue weighted by Crippen LogP contribution is -2.17. The first-order chi connectivity index (χ1) is 11.5. The van der Waals surface area contributed by atoms with Gasteiger partial charge in [0.1, 0.15) is 0 Å². The molecule has 0 aliphatic rings. The number of halogens is 2. The van der Waals surface area contributed by atoms with Gasteiger partial charge in [0.25, 0.3) is 5.82 Å². The van der Waals surface area contributed by atoms with Crippen LogP contribution in [0.25, 0.3) is 0 Å². The minimum absolute atomic E-state index is 0.00257. The molecular weight excluding hydrogens is 361 g/mol. The van der Waals surface area contributed by atoms with E-state index in [2.05, 4.69) is 40.2 Å². The Bertz CT molecular complexity index is 878. The topological polar surface area (TPSA) is 158 Å². The first kappa shape index (κ1) is 16.0. The molecule has 0 amide bonds. The van der Waals surface area contributed by atoms with Crippen LogP contribution in [-0.4, -0.2) is 20.6 Å². The number of benzene rings is 1. The normalized spacial score (nSPS) is 11.2. The molecule has 11 nitrogen and oxygen atoms in total. The molecule has 0 aliphatic heterocycles. The highest BCUT2D eigenvalue weighted by Gasteiger charge is 2.18. The van der Waals surface area contributed by atoms with Crippen molar-refractivity contribution in [1.82, 2.24) is 20.6 Å². The fourth-order valence-corrected chi connectivity index (χ4v) is 2.15. The van der Waals surface area contributed by atoms with Crippen molar-refractivity contribution < 1.29 is 9.26 Å². The van der Waals surface area contributed by atoms with Crippen molar-refractivity contribution in [3.05, 3.63) is 33.8 Å². The molecule has 0 saturated carbocycles. The molecule has 0 unspecified atom stereocenters. The molecule has 0 fully saturated rings. The predicted octanol–water partition coefficient (Wildman–Crippen LogP) is 2.63. The van der Waals surface area contributed by atoms with E-state index in [1.165, 1.54) is 5.01 Å². The SMILES string of the molecule is Nc1nonc1N=NN(Cc1ccc(Cl)cc1Cl)c1nonc1N. The second kappa shape index (κ2) is 6.68. The molecule has 2 aromatic heterocycles. The third-order valence-corrected chi connectivity index (χ3v) is 3.41. The van der Waals surface area contributed by atoms with Gasteiger partial charge in [-0.25, -0.2) is 14.3 Å². The molecule has 0 atom stereocenters. The molecule has 2 heterocycles. The maximum atomic E-state index is 6.17. The van der Waals surface area contributed by atoms with Crippen LogP contribution in [0.15, 0.2) is 37.8 Å². The number of nitrogen functional groups attached to an aromatic ring is 2. The monoisotopic (exact) mass is 369 g/mol. The molecule has 0 aliphatic carbocycles. The lowest BCUT2D eigenvalue weighted by molar-refractivity contribution is 0.308. The van der Waals surface area contributed by atoms with E-state index in [1.807, 2.05) is 0 Å². The lowest BCUT2D eigenvalue weighted by Gasteiger charge is -2.15. The van der Waals surface area contributed by atoms with E-state index in [0.29, 0.717) is 15.6 Å². The van der Waals surface area contributed by atoms with E-state index < -0.39 is 0 Å². The molecule has 3 rings (SSSR count). The van der Waals surface area contributed by atoms with Crippen LogP contribution in [0.3, 0.4) is 0 Å². The molecule has 13 heteroatoms. The summed E-state index contributed by atoms with van der Waals surface area (Å²) in [5.74, 6) is 0.136. The summed E-state index contributed by atoms with van der Waals surface area (Å²) in [5, 5.41) is 24.1. The summed E-state index contributed by atoms with van der Waals surface area (Å²) in [7, 11) is 0. The number of anilines is 3. The van der Waals surface area contributed by atoms with Crippen molar-refractivity contribution in [2.75, 3.05) is 16.5 Å². The lowest BCUT2D eigenvalue weighted by atomic mass is 10.2. The Morgan fingerprint density at radius 2 is 1.79 bits per heavy atom. The van der Waals surface area contributed by atoms with Crippen LogP contribution < -0.4 is 16.5 Å². The molecule has 24 heavy (non-hydrogen) atoms. The Balaban J connectivity index is 1.92. The van der Waals surface area contributed by atoms with E-state index in [1.54, 1.807) is 18.2 Å². The van der Waals surface area contributed by atoms with Crippen molar-refractivity contribution in [2.24, 2.45) is 10.3 Å². The van der Waals surface area contributed by atoms with Gasteiger partial charge in [0.2, 0.25) is 17.5 Å². The minimum atomic E-state index is -0.0190. The predicted molar refractivity (Wildman–Crippen MR) is 84.6 cm³/mol. The molecular formula is C11H9Cl2N9O2. The molecule has 124 valence electrons. The van der Waals surface area contributed by atoms with Crippen molar-refractivity contribution in [1.29, 1.82) is 0 Å². The fraction of sp³-hybridized carbons (Fsp3) is 0.0909. The zero-order valence-corrected chi connectivity index (χ0v) is 13.3. The quantitative estimate of drug-likeness (QED) is 0.508. The van der Waals surface area contributed by atoms with Gasteiger partial charge in [-0.3, -0.25) is 0 Å². The van der Waals surface area contributed by atoms with Gasteiger partial charge >= 0.3 is 0 Å². The minimum Gasteiger partial charge on any atom is -0.378 e. The zero-order chi connectivity index (χ0) is 17.1. The van der Waals surface area contributed by atoms with Gasteiger partial charge in [-0.2, -0.15) is 0 Å². The smallest absolute Gasteiger partial charge is 0.263 e. The number of aromatic nitrogens is 4. The average molecular weight is 370 g/mol. The summed E-state index contributed by atoms with van der Waals surface area (Å²) in [4.78, 5) is 0. The second-order valence-corrected chi connectivity index (χ2v) is 5.27. The Kier molecular flexibility index (Phi) is 4.44. The second-order valence-electron chi connectivity index (χ2n) is 4.43. The number of nitrogens with zero attached hydrogens (tertiary/aromatic N) is 7. The Labute approximate surface area is 144 Å². The van der Waals surface area contributed by atoms with Gasteiger partial charge in [0.05, 0.1) is 6.54 Å². The number of nitrogens with two attached hydrogens (primary N) is 2.